The second kappa shape index (κ2) is 5.91. The summed E-state index contributed by atoms with van der Waals surface area (Å²) in [5.41, 5.74) is 1.07. The van der Waals surface area contributed by atoms with E-state index in [1.165, 1.54) is 10.7 Å². The van der Waals surface area contributed by atoms with Gasteiger partial charge in [0.1, 0.15) is 11.3 Å². The normalized spacial score (nSPS) is 17.5. The molecule has 7 heteroatoms. The molecule has 1 aliphatic rings. The Morgan fingerprint density at radius 2 is 2.04 bits per heavy atom. The van der Waals surface area contributed by atoms with Crippen molar-refractivity contribution in [3.05, 3.63) is 35.6 Å². The third-order valence-corrected chi connectivity index (χ3v) is 5.06. The van der Waals surface area contributed by atoms with E-state index in [0.717, 1.165) is 37.0 Å². The summed E-state index contributed by atoms with van der Waals surface area (Å²) in [5.74, 6) is 0.710. The summed E-state index contributed by atoms with van der Waals surface area (Å²) in [7, 11) is 0. The first-order valence-corrected chi connectivity index (χ1v) is 8.72. The van der Waals surface area contributed by atoms with Crippen LogP contribution in [-0.4, -0.2) is 33.0 Å². The van der Waals surface area contributed by atoms with Crippen LogP contribution in [0.15, 0.2) is 22.7 Å². The molecule has 0 bridgehead atoms. The second-order valence-electron chi connectivity index (χ2n) is 7.30. The molecule has 0 saturated carbocycles. The number of piperidine rings is 1. The van der Waals surface area contributed by atoms with Gasteiger partial charge < -0.3 is 9.84 Å². The highest BCUT2D eigenvalue weighted by molar-refractivity contribution is 5.84. The zero-order chi connectivity index (χ0) is 17.6. The molecule has 0 aliphatic carbocycles. The number of hydrogen-bond acceptors (Lipinski definition) is 5. The van der Waals surface area contributed by atoms with E-state index in [0.29, 0.717) is 11.4 Å². The number of aromatic nitrogens is 4. The summed E-state index contributed by atoms with van der Waals surface area (Å²) in [6.45, 7) is 8.05. The van der Waals surface area contributed by atoms with Crippen molar-refractivity contribution >= 4 is 10.9 Å². The Morgan fingerprint density at radius 1 is 1.28 bits per heavy atom. The number of fused-ring (bicyclic) bond motifs is 1. The third-order valence-electron chi connectivity index (χ3n) is 5.06. The minimum Gasteiger partial charge on any atom is -0.337 e. The van der Waals surface area contributed by atoms with Crippen molar-refractivity contribution < 1.29 is 8.91 Å². The van der Waals surface area contributed by atoms with Crippen LogP contribution in [0.1, 0.15) is 51.1 Å². The maximum atomic E-state index is 14.5. The van der Waals surface area contributed by atoms with Crippen LogP contribution in [0.5, 0.6) is 0 Å². The number of nitrogens with one attached hydrogen (secondary N) is 1. The lowest BCUT2D eigenvalue weighted by molar-refractivity contribution is 0.241. The van der Waals surface area contributed by atoms with Gasteiger partial charge >= 0.3 is 0 Å². The summed E-state index contributed by atoms with van der Waals surface area (Å²) in [5, 5.41) is 12.8. The Bertz CT molecular complexity index is 907. The molecule has 6 nitrogen and oxygen atoms in total. The van der Waals surface area contributed by atoms with Crippen LogP contribution in [0.25, 0.3) is 16.9 Å². The predicted molar refractivity (Wildman–Crippen MR) is 92.4 cm³/mol. The maximum Gasteiger partial charge on any atom is 0.291 e. The van der Waals surface area contributed by atoms with E-state index in [9.17, 15) is 4.39 Å². The van der Waals surface area contributed by atoms with Crippen molar-refractivity contribution in [2.24, 2.45) is 0 Å². The fourth-order valence-corrected chi connectivity index (χ4v) is 3.46. The van der Waals surface area contributed by atoms with Crippen molar-refractivity contribution in [3.63, 3.8) is 0 Å². The molecule has 1 saturated heterocycles. The zero-order valence-corrected chi connectivity index (χ0v) is 14.7. The minimum atomic E-state index is -0.337. The van der Waals surface area contributed by atoms with Gasteiger partial charge in [-0.25, -0.2) is 4.39 Å². The van der Waals surface area contributed by atoms with Crippen LogP contribution in [0.4, 0.5) is 4.39 Å². The van der Waals surface area contributed by atoms with Crippen LogP contribution in [0, 0.1) is 5.82 Å². The van der Waals surface area contributed by atoms with E-state index in [1.54, 1.807) is 6.07 Å². The van der Waals surface area contributed by atoms with Crippen LogP contribution in [0.3, 0.4) is 0 Å². The van der Waals surface area contributed by atoms with Gasteiger partial charge in [0.2, 0.25) is 5.89 Å². The molecule has 0 amide bonds. The van der Waals surface area contributed by atoms with Gasteiger partial charge in [-0.1, -0.05) is 32.9 Å². The van der Waals surface area contributed by atoms with Crippen LogP contribution in [0.2, 0.25) is 0 Å². The van der Waals surface area contributed by atoms with Crippen molar-refractivity contribution in [1.82, 2.24) is 25.2 Å². The highest BCUT2D eigenvalue weighted by atomic mass is 19.1. The lowest BCUT2D eigenvalue weighted by atomic mass is 9.81. The maximum absolute atomic E-state index is 14.5. The van der Waals surface area contributed by atoms with Gasteiger partial charge in [0.25, 0.3) is 5.95 Å². The first kappa shape index (κ1) is 16.2. The predicted octanol–water partition coefficient (Wildman–Crippen LogP) is 3.31. The van der Waals surface area contributed by atoms with Crippen molar-refractivity contribution in [2.75, 3.05) is 13.1 Å². The minimum absolute atomic E-state index is 0.154. The topological polar surface area (TPSA) is 68.8 Å². The van der Waals surface area contributed by atoms with E-state index >= 15 is 0 Å². The van der Waals surface area contributed by atoms with E-state index < -0.39 is 0 Å². The number of benzene rings is 1. The SMILES string of the molecule is CC(C)c1nn(-c2noc(C3(C)CCNCC3)n2)c2c(F)cccc12. The van der Waals surface area contributed by atoms with E-state index in [1.807, 2.05) is 19.9 Å². The quantitative estimate of drug-likeness (QED) is 0.790. The fraction of sp³-hybridized carbons (Fsp3) is 0.500. The zero-order valence-electron chi connectivity index (χ0n) is 14.7. The Labute approximate surface area is 145 Å². The van der Waals surface area contributed by atoms with Crippen molar-refractivity contribution in [3.8, 4) is 5.95 Å². The molecule has 4 rings (SSSR count). The molecule has 1 N–H and O–H groups in total. The van der Waals surface area contributed by atoms with Gasteiger partial charge in [-0.3, -0.25) is 0 Å². The number of hydrogen-bond donors (Lipinski definition) is 1. The molecule has 0 spiro atoms. The summed E-state index contributed by atoms with van der Waals surface area (Å²) < 4.78 is 21.5. The summed E-state index contributed by atoms with van der Waals surface area (Å²) in [6, 6.07) is 5.01. The van der Waals surface area contributed by atoms with Crippen molar-refractivity contribution in [1.29, 1.82) is 0 Å². The number of halogens is 1. The third kappa shape index (κ3) is 2.63. The van der Waals surface area contributed by atoms with Crippen molar-refractivity contribution in [2.45, 2.75) is 44.9 Å². The molecule has 132 valence electrons. The number of para-hydroxylation sites is 1. The van der Waals surface area contributed by atoms with Gasteiger partial charge in [-0.2, -0.15) is 14.8 Å². The Morgan fingerprint density at radius 3 is 2.76 bits per heavy atom. The van der Waals surface area contributed by atoms with Gasteiger partial charge in [-0.05, 0) is 43.1 Å². The number of rotatable bonds is 3. The molecule has 2 aromatic heterocycles. The molecule has 3 heterocycles. The lowest BCUT2D eigenvalue weighted by Crippen LogP contribution is -2.37. The van der Waals surface area contributed by atoms with Crippen LogP contribution in [-0.2, 0) is 5.41 Å². The molecule has 3 aromatic rings. The first-order chi connectivity index (χ1) is 12.0. The van der Waals surface area contributed by atoms with Crippen LogP contribution < -0.4 is 5.32 Å². The molecule has 0 atom stereocenters. The van der Waals surface area contributed by atoms with E-state index in [-0.39, 0.29) is 23.1 Å². The highest BCUT2D eigenvalue weighted by Crippen LogP contribution is 2.33. The second-order valence-corrected chi connectivity index (χ2v) is 7.30. The molecule has 1 fully saturated rings. The summed E-state index contributed by atoms with van der Waals surface area (Å²) >= 11 is 0. The average molecular weight is 343 g/mol. The Balaban J connectivity index is 1.83. The highest BCUT2D eigenvalue weighted by Gasteiger charge is 2.35. The largest absolute Gasteiger partial charge is 0.337 e. The monoisotopic (exact) mass is 343 g/mol. The smallest absolute Gasteiger partial charge is 0.291 e. The van der Waals surface area contributed by atoms with Gasteiger partial charge in [0, 0.05) is 10.8 Å². The Hall–Kier alpha value is -2.28. The van der Waals surface area contributed by atoms with Gasteiger partial charge in [0.15, 0.2) is 0 Å². The number of nitrogens with zero attached hydrogens (tertiary/aromatic N) is 4. The summed E-state index contributed by atoms with van der Waals surface area (Å²) in [4.78, 5) is 4.57. The summed E-state index contributed by atoms with van der Waals surface area (Å²) in [6.07, 6.45) is 1.86. The molecule has 1 aliphatic heterocycles. The lowest BCUT2D eigenvalue weighted by Gasteiger charge is -2.29. The molecule has 25 heavy (non-hydrogen) atoms. The van der Waals surface area contributed by atoms with Gasteiger partial charge in [0.05, 0.1) is 5.69 Å². The molecular weight excluding hydrogens is 321 g/mol. The first-order valence-electron chi connectivity index (χ1n) is 8.72. The van der Waals surface area contributed by atoms with E-state index in [2.05, 4.69) is 27.5 Å². The molecular formula is C18H22FN5O. The van der Waals surface area contributed by atoms with E-state index in [4.69, 9.17) is 4.52 Å². The fourth-order valence-electron chi connectivity index (χ4n) is 3.46. The average Bonchev–Trinajstić information content (AvgIpc) is 3.21. The molecule has 0 unspecified atom stereocenters. The molecule has 1 aromatic carbocycles. The standard InChI is InChI=1S/C18H22FN5O/c1-11(2)14-12-5-4-6-13(19)15(12)24(22-14)17-21-16(25-23-17)18(3)7-9-20-10-8-18/h4-6,11,20H,7-10H2,1-3H3. The molecule has 0 radical (unpaired) electrons. The Kier molecular flexibility index (Phi) is 3.83. The van der Waals surface area contributed by atoms with Gasteiger partial charge in [-0.15, -0.1) is 0 Å². The van der Waals surface area contributed by atoms with Crippen LogP contribution >= 0.6 is 0 Å².